The van der Waals surface area contributed by atoms with Crippen molar-refractivity contribution in [3.05, 3.63) is 88.1 Å². The third-order valence-corrected chi connectivity index (χ3v) is 5.88. The van der Waals surface area contributed by atoms with Crippen molar-refractivity contribution in [3.8, 4) is 0 Å². The first-order valence-corrected chi connectivity index (χ1v) is 12.1. The first kappa shape index (κ1) is 26.7. The summed E-state index contributed by atoms with van der Waals surface area (Å²) in [6.07, 6.45) is -0.698. The second kappa shape index (κ2) is 12.7. The van der Waals surface area contributed by atoms with Gasteiger partial charge >= 0.3 is 0 Å². The van der Waals surface area contributed by atoms with Gasteiger partial charge in [0, 0.05) is 17.1 Å². The fourth-order valence-electron chi connectivity index (χ4n) is 2.58. The Morgan fingerprint density at radius 2 is 1.76 bits per heavy atom. The number of benzene rings is 3. The van der Waals surface area contributed by atoms with Gasteiger partial charge in [0.1, 0.15) is 5.82 Å². The zero-order chi connectivity index (χ0) is 24.4. The lowest BCUT2D eigenvalue weighted by atomic mass is 10.2. The molecule has 0 aliphatic heterocycles. The molecule has 0 radical (unpaired) electrons. The highest BCUT2D eigenvalue weighted by molar-refractivity contribution is 9.10. The lowest BCUT2D eigenvalue weighted by Gasteiger charge is -2.15. The minimum Gasteiger partial charge on any atom is -0.396 e. The number of hydrogen-bond acceptors (Lipinski definition) is 6. The number of nitrogen functional groups attached to an aromatic ring is 1. The van der Waals surface area contributed by atoms with E-state index in [0.717, 1.165) is 11.1 Å². The number of halogens is 2. The molecule has 3 aromatic rings. The molecule has 7 nitrogen and oxygen atoms in total. The van der Waals surface area contributed by atoms with Crippen molar-refractivity contribution in [2.75, 3.05) is 24.2 Å². The lowest BCUT2D eigenvalue weighted by Crippen LogP contribution is -2.25. The number of aliphatic hydroxyl groups excluding tert-OH is 1. The van der Waals surface area contributed by atoms with Gasteiger partial charge in [-0.05, 0) is 46.6 Å². The summed E-state index contributed by atoms with van der Waals surface area (Å²) in [6.45, 7) is 2.72. The van der Waals surface area contributed by atoms with Crippen LogP contribution in [-0.4, -0.2) is 37.3 Å². The number of ether oxygens (including phenoxy) is 1. The van der Waals surface area contributed by atoms with E-state index in [0.29, 0.717) is 16.8 Å². The van der Waals surface area contributed by atoms with Gasteiger partial charge in [-0.25, -0.2) is 4.39 Å². The molecule has 0 aliphatic rings. The summed E-state index contributed by atoms with van der Waals surface area (Å²) in [5.74, 6) is -0.500. The average Bonchev–Trinajstić information content (AvgIpc) is 2.76. The number of rotatable bonds is 8. The molecule has 0 aliphatic carbocycles. The van der Waals surface area contributed by atoms with Crippen LogP contribution in [0.15, 0.2) is 76.1 Å². The molecule has 5 N–H and O–H groups in total. The Morgan fingerprint density at radius 3 is 2.36 bits per heavy atom. The van der Waals surface area contributed by atoms with Crippen molar-refractivity contribution < 1.29 is 27.2 Å². The Balaban J connectivity index is 0.000000294. The minimum absolute atomic E-state index is 0.0666. The van der Waals surface area contributed by atoms with Crippen LogP contribution in [0.2, 0.25) is 0 Å². The van der Waals surface area contributed by atoms with Gasteiger partial charge in [0.05, 0.1) is 35.6 Å². The van der Waals surface area contributed by atoms with Crippen molar-refractivity contribution in [2.45, 2.75) is 24.5 Å². The van der Waals surface area contributed by atoms with E-state index >= 15 is 0 Å². The van der Waals surface area contributed by atoms with Crippen LogP contribution in [-0.2, 0) is 21.5 Å². The molecule has 0 unspecified atom stereocenters. The normalized spacial score (nSPS) is 11.9. The second-order valence-electron chi connectivity index (χ2n) is 7.18. The molecular formula is C23H26BrFN2O5S. The molecule has 0 bridgehead atoms. The van der Waals surface area contributed by atoms with E-state index in [1.807, 2.05) is 37.3 Å². The van der Waals surface area contributed by atoms with Crippen LogP contribution in [0.5, 0.6) is 0 Å². The van der Waals surface area contributed by atoms with Crippen molar-refractivity contribution >= 4 is 37.4 Å². The molecule has 0 heterocycles. The highest BCUT2D eigenvalue weighted by Gasteiger charge is 2.09. The highest BCUT2D eigenvalue weighted by Crippen LogP contribution is 2.27. The lowest BCUT2D eigenvalue weighted by molar-refractivity contribution is 0.0348. The van der Waals surface area contributed by atoms with Crippen molar-refractivity contribution in [1.82, 2.24) is 0 Å². The third kappa shape index (κ3) is 9.48. The number of anilines is 2. The van der Waals surface area contributed by atoms with Crippen LogP contribution in [0.25, 0.3) is 0 Å². The molecule has 178 valence electrons. The first-order valence-electron chi connectivity index (χ1n) is 9.88. The predicted octanol–water partition coefficient (Wildman–Crippen LogP) is 4.40. The summed E-state index contributed by atoms with van der Waals surface area (Å²) in [6, 6.07) is 18.5. The Kier molecular flexibility index (Phi) is 10.3. The van der Waals surface area contributed by atoms with Gasteiger partial charge in [0.15, 0.2) is 0 Å². The first-order chi connectivity index (χ1) is 15.6. The zero-order valence-corrected chi connectivity index (χ0v) is 20.3. The Morgan fingerprint density at radius 1 is 1.12 bits per heavy atom. The molecule has 0 amide bonds. The standard InChI is InChI=1S/C16H18BrFN2O2.C7H8O3S/c17-13-6-15(19)14(18)7-16(13)20-8-12(21)10-22-9-11-4-2-1-3-5-11;1-6-2-4-7(5-3-6)11(8,9)10/h1-7,12,20-21H,8-10,19H2;2-5H,1H3,(H,8,9,10)/t12-;/m1./s1. The molecule has 3 aromatic carbocycles. The van der Waals surface area contributed by atoms with Crippen molar-refractivity contribution in [3.63, 3.8) is 0 Å². The largest absolute Gasteiger partial charge is 0.396 e. The number of aliphatic hydroxyl groups is 1. The predicted molar refractivity (Wildman–Crippen MR) is 130 cm³/mol. The topological polar surface area (TPSA) is 122 Å². The molecule has 1 atom stereocenters. The van der Waals surface area contributed by atoms with E-state index in [4.69, 9.17) is 15.0 Å². The van der Waals surface area contributed by atoms with E-state index < -0.39 is 22.0 Å². The maximum Gasteiger partial charge on any atom is 0.294 e. The fraction of sp³-hybridized carbons (Fsp3) is 0.217. The van der Waals surface area contributed by atoms with Crippen LogP contribution in [0, 0.1) is 12.7 Å². The van der Waals surface area contributed by atoms with Crippen LogP contribution >= 0.6 is 15.9 Å². The molecule has 0 fully saturated rings. The molecule has 3 rings (SSSR count). The van der Waals surface area contributed by atoms with Crippen LogP contribution in [0.4, 0.5) is 15.8 Å². The van der Waals surface area contributed by atoms with Crippen LogP contribution in [0.3, 0.4) is 0 Å². The van der Waals surface area contributed by atoms with Gasteiger partial charge in [-0.2, -0.15) is 8.42 Å². The summed E-state index contributed by atoms with van der Waals surface area (Å²) < 4.78 is 49.0. The highest BCUT2D eigenvalue weighted by atomic mass is 79.9. The zero-order valence-electron chi connectivity index (χ0n) is 17.9. The van der Waals surface area contributed by atoms with Gasteiger partial charge in [-0.3, -0.25) is 4.55 Å². The number of aryl methyl sites for hydroxylation is 1. The van der Waals surface area contributed by atoms with Crippen LogP contribution in [0.1, 0.15) is 11.1 Å². The molecule has 0 saturated carbocycles. The van der Waals surface area contributed by atoms with Gasteiger partial charge < -0.3 is 20.9 Å². The Hall–Kier alpha value is -2.50. The summed E-state index contributed by atoms with van der Waals surface area (Å²) >= 11 is 3.29. The summed E-state index contributed by atoms with van der Waals surface area (Å²) in [7, 11) is -4.02. The fourth-order valence-corrected chi connectivity index (χ4v) is 3.56. The molecule has 0 saturated heterocycles. The molecule has 33 heavy (non-hydrogen) atoms. The van der Waals surface area contributed by atoms with E-state index in [1.165, 1.54) is 24.3 Å². The molecule has 0 spiro atoms. The summed E-state index contributed by atoms with van der Waals surface area (Å²) in [5.41, 5.74) is 8.08. The quantitative estimate of drug-likeness (QED) is 0.246. The SMILES string of the molecule is Cc1ccc(S(=O)(=O)O)cc1.Nc1cc(Br)c(NC[C@@H](O)COCc2ccccc2)cc1F. The third-order valence-electron chi connectivity index (χ3n) is 4.36. The van der Waals surface area contributed by atoms with Crippen molar-refractivity contribution in [1.29, 1.82) is 0 Å². The maximum atomic E-state index is 13.4. The van der Waals surface area contributed by atoms with Gasteiger partial charge in [-0.15, -0.1) is 0 Å². The van der Waals surface area contributed by atoms with Crippen LogP contribution < -0.4 is 11.1 Å². The number of hydrogen-bond donors (Lipinski definition) is 4. The molecular weight excluding hydrogens is 515 g/mol. The van der Waals surface area contributed by atoms with E-state index in [1.54, 1.807) is 12.1 Å². The Labute approximate surface area is 201 Å². The van der Waals surface area contributed by atoms with E-state index in [-0.39, 0.29) is 23.7 Å². The van der Waals surface area contributed by atoms with Gasteiger partial charge in [0.2, 0.25) is 0 Å². The number of nitrogens with one attached hydrogen (secondary N) is 1. The smallest absolute Gasteiger partial charge is 0.294 e. The van der Waals surface area contributed by atoms with E-state index in [2.05, 4.69) is 21.2 Å². The van der Waals surface area contributed by atoms with Gasteiger partial charge in [0.25, 0.3) is 10.1 Å². The second-order valence-corrected chi connectivity index (χ2v) is 9.45. The molecule has 0 aromatic heterocycles. The minimum atomic E-state index is -4.02. The number of nitrogens with two attached hydrogens (primary N) is 1. The molecule has 10 heteroatoms. The average molecular weight is 541 g/mol. The van der Waals surface area contributed by atoms with Gasteiger partial charge in [-0.1, -0.05) is 48.0 Å². The Bertz CT molecular complexity index is 1130. The summed E-state index contributed by atoms with van der Waals surface area (Å²) in [4.78, 5) is -0.0666. The summed E-state index contributed by atoms with van der Waals surface area (Å²) in [5, 5.41) is 12.8. The monoisotopic (exact) mass is 540 g/mol. The van der Waals surface area contributed by atoms with E-state index in [9.17, 15) is 17.9 Å². The maximum absolute atomic E-state index is 13.4. The van der Waals surface area contributed by atoms with Crippen molar-refractivity contribution in [2.24, 2.45) is 0 Å².